The van der Waals surface area contributed by atoms with Crippen molar-refractivity contribution in [3.05, 3.63) is 53.3 Å². The molecule has 0 aromatic heterocycles. The third-order valence-corrected chi connectivity index (χ3v) is 2.98. The molecule has 0 saturated carbocycles. The number of aliphatic hydroxyl groups excluding tert-OH is 1. The summed E-state index contributed by atoms with van der Waals surface area (Å²) in [5, 5.41) is 12.6. The number of rotatable bonds is 3. The molecule has 0 spiro atoms. The zero-order chi connectivity index (χ0) is 13.9. The van der Waals surface area contributed by atoms with Gasteiger partial charge in [0.25, 0.3) is 0 Å². The van der Waals surface area contributed by atoms with E-state index in [-0.39, 0.29) is 10.8 Å². The topological polar surface area (TPSA) is 53.8 Å². The summed E-state index contributed by atoms with van der Waals surface area (Å²) in [4.78, 5) is 4.14. The quantitative estimate of drug-likeness (QED) is 0.838. The second-order valence-electron chi connectivity index (χ2n) is 3.88. The highest BCUT2D eigenvalue weighted by Crippen LogP contribution is 2.25. The maximum Gasteiger partial charge on any atom is 0.181 e. The Bertz CT molecular complexity index is 572. The Hall–Kier alpha value is -1.85. The van der Waals surface area contributed by atoms with Gasteiger partial charge in [-0.05, 0) is 24.3 Å². The minimum atomic E-state index is -1.13. The van der Waals surface area contributed by atoms with Crippen molar-refractivity contribution in [2.24, 2.45) is 4.99 Å². The molecule has 100 valence electrons. The van der Waals surface area contributed by atoms with Gasteiger partial charge in [-0.15, -0.1) is 0 Å². The predicted octanol–water partition coefficient (Wildman–Crippen LogP) is 3.08. The first kappa shape index (κ1) is 13.6. The fourth-order valence-corrected chi connectivity index (χ4v) is 1.74. The maximum atomic E-state index is 13.0. The summed E-state index contributed by atoms with van der Waals surface area (Å²) >= 11 is 5.67. The minimum Gasteiger partial charge on any atom is -0.507 e. The van der Waals surface area contributed by atoms with Crippen LogP contribution in [0.15, 0.2) is 47.4 Å². The van der Waals surface area contributed by atoms with E-state index in [4.69, 9.17) is 16.3 Å². The summed E-state index contributed by atoms with van der Waals surface area (Å²) in [6, 6.07) is 4.09. The van der Waals surface area contributed by atoms with Crippen LogP contribution < -0.4 is 5.32 Å². The van der Waals surface area contributed by atoms with E-state index in [1.165, 1.54) is 37.7 Å². The molecule has 1 atom stereocenters. The molecule has 2 N–H and O–H groups in total. The van der Waals surface area contributed by atoms with Gasteiger partial charge in [0, 0.05) is 25.7 Å². The number of hydrogen-bond donors (Lipinski definition) is 2. The van der Waals surface area contributed by atoms with E-state index < -0.39 is 11.4 Å². The number of aliphatic imine (C=N–C) groups is 1. The van der Waals surface area contributed by atoms with E-state index in [0.717, 1.165) is 0 Å². The highest BCUT2D eigenvalue weighted by Gasteiger charge is 2.31. The molecule has 4 nitrogen and oxygen atoms in total. The smallest absolute Gasteiger partial charge is 0.181 e. The van der Waals surface area contributed by atoms with Crippen LogP contribution in [0.2, 0.25) is 5.02 Å². The molecule has 0 aliphatic carbocycles. The number of dihydropyridines is 1. The first-order chi connectivity index (χ1) is 9.07. The number of nitrogens with one attached hydrogen (secondary N) is 1. The first-order valence-corrected chi connectivity index (χ1v) is 5.84. The standard InChI is InChI=1S/C13H12ClFN2O2/c1-19-13(4-5-16-7-12(13)18)8-17-9-2-3-11(15)10(14)6-9/h2-8,16,18H,1H3/b17-8+. The van der Waals surface area contributed by atoms with Crippen molar-refractivity contribution in [3.8, 4) is 0 Å². The molecule has 19 heavy (non-hydrogen) atoms. The van der Waals surface area contributed by atoms with Gasteiger partial charge in [0.15, 0.2) is 5.60 Å². The summed E-state index contributed by atoms with van der Waals surface area (Å²) in [5.74, 6) is -0.541. The van der Waals surface area contributed by atoms with Gasteiger partial charge in [-0.2, -0.15) is 0 Å². The molecular weight excluding hydrogens is 271 g/mol. The lowest BCUT2D eigenvalue weighted by Crippen LogP contribution is -2.36. The van der Waals surface area contributed by atoms with Gasteiger partial charge in [0.1, 0.15) is 11.6 Å². The van der Waals surface area contributed by atoms with E-state index >= 15 is 0 Å². The fourth-order valence-electron chi connectivity index (χ4n) is 1.57. The maximum absolute atomic E-state index is 13.0. The average molecular weight is 283 g/mol. The lowest BCUT2D eigenvalue weighted by atomic mass is 10.0. The van der Waals surface area contributed by atoms with Crippen LogP contribution in [0.3, 0.4) is 0 Å². The van der Waals surface area contributed by atoms with Gasteiger partial charge in [-0.3, -0.25) is 4.99 Å². The van der Waals surface area contributed by atoms with E-state index in [9.17, 15) is 9.50 Å². The highest BCUT2D eigenvalue weighted by atomic mass is 35.5. The van der Waals surface area contributed by atoms with Crippen molar-refractivity contribution >= 4 is 23.5 Å². The minimum absolute atomic E-state index is 0.0123. The zero-order valence-corrected chi connectivity index (χ0v) is 10.9. The lowest BCUT2D eigenvalue weighted by Gasteiger charge is -2.26. The fraction of sp³-hybridized carbons (Fsp3) is 0.154. The Morgan fingerprint density at radius 1 is 1.53 bits per heavy atom. The molecule has 0 fully saturated rings. The van der Waals surface area contributed by atoms with Crippen molar-refractivity contribution in [1.82, 2.24) is 5.32 Å². The van der Waals surface area contributed by atoms with Gasteiger partial charge < -0.3 is 15.2 Å². The summed E-state index contributed by atoms with van der Waals surface area (Å²) in [6.07, 6.45) is 6.04. The summed E-state index contributed by atoms with van der Waals surface area (Å²) < 4.78 is 18.3. The summed E-state index contributed by atoms with van der Waals surface area (Å²) in [5.41, 5.74) is -0.672. The molecule has 1 aliphatic rings. The molecule has 1 aromatic carbocycles. The Kier molecular flexibility index (Phi) is 3.87. The van der Waals surface area contributed by atoms with Crippen LogP contribution >= 0.6 is 11.6 Å². The van der Waals surface area contributed by atoms with Gasteiger partial charge in [0.2, 0.25) is 0 Å². The molecule has 0 saturated heterocycles. The monoisotopic (exact) mass is 282 g/mol. The third kappa shape index (κ3) is 2.77. The number of ether oxygens (including phenoxy) is 1. The number of hydrogen-bond acceptors (Lipinski definition) is 4. The molecule has 0 radical (unpaired) electrons. The van der Waals surface area contributed by atoms with Gasteiger partial charge in [0.05, 0.1) is 10.7 Å². The second kappa shape index (κ2) is 5.42. The molecule has 0 amide bonds. The molecule has 1 heterocycles. The normalized spacial score (nSPS) is 22.4. The Balaban J connectivity index is 2.29. The van der Waals surface area contributed by atoms with E-state index in [1.54, 1.807) is 12.3 Å². The Morgan fingerprint density at radius 2 is 2.32 bits per heavy atom. The number of benzene rings is 1. The summed E-state index contributed by atoms with van der Waals surface area (Å²) in [7, 11) is 1.45. The number of nitrogens with zero attached hydrogens (tertiary/aromatic N) is 1. The summed E-state index contributed by atoms with van der Waals surface area (Å²) in [6.45, 7) is 0. The first-order valence-electron chi connectivity index (χ1n) is 5.46. The van der Waals surface area contributed by atoms with Crippen LogP contribution in [-0.4, -0.2) is 24.0 Å². The predicted molar refractivity (Wildman–Crippen MR) is 72.3 cm³/mol. The van der Waals surface area contributed by atoms with E-state index in [1.807, 2.05) is 0 Å². The Morgan fingerprint density at radius 3 is 2.95 bits per heavy atom. The largest absolute Gasteiger partial charge is 0.507 e. The van der Waals surface area contributed by atoms with Crippen LogP contribution in [0.25, 0.3) is 0 Å². The average Bonchev–Trinajstić information content (AvgIpc) is 2.42. The number of halogens is 2. The van der Waals surface area contributed by atoms with Crippen molar-refractivity contribution in [2.75, 3.05) is 7.11 Å². The van der Waals surface area contributed by atoms with Gasteiger partial charge >= 0.3 is 0 Å². The third-order valence-electron chi connectivity index (χ3n) is 2.69. The molecule has 6 heteroatoms. The number of aliphatic hydroxyl groups is 1. The van der Waals surface area contributed by atoms with Crippen LogP contribution in [0.1, 0.15) is 0 Å². The molecule has 2 rings (SSSR count). The van der Waals surface area contributed by atoms with Crippen molar-refractivity contribution in [2.45, 2.75) is 5.60 Å². The molecule has 1 aromatic rings. The van der Waals surface area contributed by atoms with E-state index in [0.29, 0.717) is 5.69 Å². The molecular formula is C13H12ClFN2O2. The SMILES string of the molecule is COC1(/C=N/c2ccc(F)c(Cl)c2)C=CNC=C1O. The van der Waals surface area contributed by atoms with Crippen LogP contribution in [-0.2, 0) is 4.74 Å². The van der Waals surface area contributed by atoms with Crippen LogP contribution in [0.4, 0.5) is 10.1 Å². The van der Waals surface area contributed by atoms with Crippen LogP contribution in [0.5, 0.6) is 0 Å². The highest BCUT2D eigenvalue weighted by molar-refractivity contribution is 6.31. The van der Waals surface area contributed by atoms with Gasteiger partial charge in [-0.1, -0.05) is 11.6 Å². The van der Waals surface area contributed by atoms with Crippen molar-refractivity contribution in [1.29, 1.82) is 0 Å². The van der Waals surface area contributed by atoms with Crippen molar-refractivity contribution < 1.29 is 14.2 Å². The number of methoxy groups -OCH3 is 1. The lowest BCUT2D eigenvalue weighted by molar-refractivity contribution is 0.0836. The second-order valence-corrected chi connectivity index (χ2v) is 4.29. The Labute approximate surface area is 114 Å². The van der Waals surface area contributed by atoms with Gasteiger partial charge in [-0.25, -0.2) is 4.39 Å². The molecule has 0 bridgehead atoms. The molecule has 1 aliphatic heterocycles. The molecule has 1 unspecified atom stereocenters. The van der Waals surface area contributed by atoms with E-state index in [2.05, 4.69) is 10.3 Å². The van der Waals surface area contributed by atoms with Crippen molar-refractivity contribution in [3.63, 3.8) is 0 Å². The van der Waals surface area contributed by atoms with Crippen LogP contribution in [0, 0.1) is 5.82 Å². The zero-order valence-electron chi connectivity index (χ0n) is 10.1.